The molecule has 1 N–H and O–H groups in total. The maximum atomic E-state index is 13.2. The maximum Gasteiger partial charge on any atom is 0.325 e. The lowest BCUT2D eigenvalue weighted by Gasteiger charge is -2.22. The van der Waals surface area contributed by atoms with Gasteiger partial charge in [-0.1, -0.05) is 36.4 Å². The molecular weight excluding hydrogens is 366 g/mol. The van der Waals surface area contributed by atoms with Gasteiger partial charge in [0, 0.05) is 18.7 Å². The van der Waals surface area contributed by atoms with Gasteiger partial charge in [0.1, 0.15) is 5.54 Å². The third kappa shape index (κ3) is 2.82. The Morgan fingerprint density at radius 2 is 1.72 bits per heavy atom. The molecule has 6 heteroatoms. The number of aryl methyl sites for hydroxylation is 1. The minimum atomic E-state index is -0.931. The number of carbonyl (C=O) groups excluding carboxylic acids is 3. The second-order valence-corrected chi connectivity index (χ2v) is 8.08. The molecule has 2 saturated heterocycles. The quantitative estimate of drug-likeness (QED) is 0.821. The summed E-state index contributed by atoms with van der Waals surface area (Å²) in [4.78, 5) is 41.5. The van der Waals surface area contributed by atoms with Crippen molar-refractivity contribution >= 4 is 17.8 Å². The van der Waals surface area contributed by atoms with Crippen LogP contribution >= 0.6 is 0 Å². The van der Waals surface area contributed by atoms with E-state index in [1.54, 1.807) is 12.1 Å². The van der Waals surface area contributed by atoms with E-state index in [0.717, 1.165) is 49.0 Å². The number of fused-ring (bicyclic) bond motifs is 2. The van der Waals surface area contributed by atoms with Gasteiger partial charge >= 0.3 is 6.03 Å². The summed E-state index contributed by atoms with van der Waals surface area (Å²) in [7, 11) is 0. The van der Waals surface area contributed by atoms with Crippen LogP contribution in [0.15, 0.2) is 48.5 Å². The highest BCUT2D eigenvalue weighted by molar-refractivity contribution is 6.08. The lowest BCUT2D eigenvalue weighted by atomic mass is 9.92. The zero-order valence-electron chi connectivity index (χ0n) is 16.2. The first-order valence-electron chi connectivity index (χ1n) is 10.2. The summed E-state index contributed by atoms with van der Waals surface area (Å²) in [5.74, 6) is -0.143. The van der Waals surface area contributed by atoms with E-state index in [2.05, 4.69) is 5.32 Å². The van der Waals surface area contributed by atoms with Crippen LogP contribution in [0.5, 0.6) is 0 Å². The molecule has 2 aromatic carbocycles. The molecule has 2 aromatic rings. The van der Waals surface area contributed by atoms with E-state index < -0.39 is 5.54 Å². The first-order chi connectivity index (χ1) is 14.1. The number of benzene rings is 2. The zero-order valence-corrected chi connectivity index (χ0v) is 16.2. The summed E-state index contributed by atoms with van der Waals surface area (Å²) >= 11 is 0. The predicted molar refractivity (Wildman–Crippen MR) is 107 cm³/mol. The summed E-state index contributed by atoms with van der Waals surface area (Å²) in [6.45, 7) is 1.83. The molecule has 0 aromatic heterocycles. The molecule has 5 rings (SSSR count). The van der Waals surface area contributed by atoms with Gasteiger partial charge in [-0.15, -0.1) is 0 Å². The van der Waals surface area contributed by atoms with Crippen LogP contribution in [0.2, 0.25) is 0 Å². The Hall–Kier alpha value is -3.15. The van der Waals surface area contributed by atoms with Gasteiger partial charge in [0.25, 0.3) is 11.8 Å². The van der Waals surface area contributed by atoms with E-state index in [9.17, 15) is 14.4 Å². The van der Waals surface area contributed by atoms with Crippen LogP contribution in [0.25, 0.3) is 0 Å². The molecule has 2 fully saturated rings. The molecule has 148 valence electrons. The van der Waals surface area contributed by atoms with Crippen molar-refractivity contribution in [3.8, 4) is 0 Å². The number of amides is 4. The van der Waals surface area contributed by atoms with Gasteiger partial charge in [0.2, 0.25) is 0 Å². The Morgan fingerprint density at radius 3 is 2.48 bits per heavy atom. The molecule has 4 amide bonds. The SMILES string of the molecule is O=C(c1ccc(CN2C(=O)NC3(CCc4ccccc43)C2=O)cc1)N1CCCC1. The Balaban J connectivity index is 1.34. The van der Waals surface area contributed by atoms with Gasteiger partial charge in [-0.05, 0) is 54.5 Å². The van der Waals surface area contributed by atoms with Gasteiger partial charge in [-0.25, -0.2) is 4.79 Å². The van der Waals surface area contributed by atoms with Crippen molar-refractivity contribution in [2.45, 2.75) is 37.8 Å². The number of rotatable bonds is 3. The molecule has 1 aliphatic carbocycles. The van der Waals surface area contributed by atoms with Crippen molar-refractivity contribution in [1.29, 1.82) is 0 Å². The van der Waals surface area contributed by atoms with Gasteiger partial charge in [-0.2, -0.15) is 0 Å². The highest BCUT2D eigenvalue weighted by Gasteiger charge is 2.55. The Morgan fingerprint density at radius 1 is 1.00 bits per heavy atom. The number of hydrogen-bond acceptors (Lipinski definition) is 3. The number of imide groups is 1. The van der Waals surface area contributed by atoms with Crippen molar-refractivity contribution in [1.82, 2.24) is 15.1 Å². The fraction of sp³-hybridized carbons (Fsp3) is 0.348. The van der Waals surface area contributed by atoms with Crippen LogP contribution in [0.3, 0.4) is 0 Å². The minimum absolute atomic E-state index is 0.0468. The molecule has 6 nitrogen and oxygen atoms in total. The van der Waals surface area contributed by atoms with Crippen molar-refractivity contribution < 1.29 is 14.4 Å². The van der Waals surface area contributed by atoms with E-state index in [1.807, 2.05) is 41.3 Å². The highest BCUT2D eigenvalue weighted by Crippen LogP contribution is 2.41. The van der Waals surface area contributed by atoms with Crippen molar-refractivity contribution in [2.24, 2.45) is 0 Å². The van der Waals surface area contributed by atoms with Crippen LogP contribution < -0.4 is 5.32 Å². The number of hydrogen-bond donors (Lipinski definition) is 1. The van der Waals surface area contributed by atoms with E-state index in [4.69, 9.17) is 0 Å². The highest BCUT2D eigenvalue weighted by atomic mass is 16.2. The lowest BCUT2D eigenvalue weighted by molar-refractivity contribution is -0.132. The maximum absolute atomic E-state index is 13.2. The summed E-state index contributed by atoms with van der Waals surface area (Å²) in [6, 6.07) is 14.7. The molecule has 29 heavy (non-hydrogen) atoms. The predicted octanol–water partition coefficient (Wildman–Crippen LogP) is 2.82. The van der Waals surface area contributed by atoms with Crippen LogP contribution in [0, 0.1) is 0 Å². The van der Waals surface area contributed by atoms with Gasteiger partial charge < -0.3 is 10.2 Å². The van der Waals surface area contributed by atoms with Crippen LogP contribution in [-0.2, 0) is 23.3 Å². The summed E-state index contributed by atoms with van der Waals surface area (Å²) in [5.41, 5.74) is 2.57. The Bertz CT molecular complexity index is 995. The van der Waals surface area contributed by atoms with Gasteiger partial charge in [0.05, 0.1) is 6.54 Å². The monoisotopic (exact) mass is 389 g/mol. The minimum Gasteiger partial charge on any atom is -0.339 e. The standard InChI is InChI=1S/C23H23N3O3/c27-20(25-13-3-4-14-25)18-9-7-16(8-10-18)15-26-21(28)23(24-22(26)29)12-11-17-5-1-2-6-19(17)23/h1-2,5-10H,3-4,11-15H2,(H,24,29). The summed E-state index contributed by atoms with van der Waals surface area (Å²) in [5, 5.41) is 2.95. The summed E-state index contributed by atoms with van der Waals surface area (Å²) < 4.78 is 0. The molecule has 2 aliphatic heterocycles. The van der Waals surface area contributed by atoms with Crippen LogP contribution in [-0.4, -0.2) is 40.7 Å². The molecule has 2 heterocycles. The molecular formula is C23H23N3O3. The second kappa shape index (κ2) is 6.72. The number of carbonyl (C=O) groups is 3. The van der Waals surface area contributed by atoms with Gasteiger partial charge in [0.15, 0.2) is 0 Å². The van der Waals surface area contributed by atoms with E-state index in [0.29, 0.717) is 12.0 Å². The topological polar surface area (TPSA) is 69.7 Å². The third-order valence-electron chi connectivity index (χ3n) is 6.36. The average Bonchev–Trinajstić information content (AvgIpc) is 3.45. The largest absolute Gasteiger partial charge is 0.339 e. The number of urea groups is 1. The van der Waals surface area contributed by atoms with E-state index >= 15 is 0 Å². The van der Waals surface area contributed by atoms with E-state index in [1.165, 1.54) is 4.90 Å². The Labute approximate surface area is 169 Å². The molecule has 1 spiro atoms. The molecule has 0 bridgehead atoms. The second-order valence-electron chi connectivity index (χ2n) is 8.08. The van der Waals surface area contributed by atoms with Crippen molar-refractivity contribution in [2.75, 3.05) is 13.1 Å². The number of likely N-dealkylation sites (tertiary alicyclic amines) is 1. The van der Waals surface area contributed by atoms with Crippen molar-refractivity contribution in [3.63, 3.8) is 0 Å². The fourth-order valence-electron chi connectivity index (χ4n) is 4.77. The van der Waals surface area contributed by atoms with Crippen LogP contribution in [0.1, 0.15) is 46.3 Å². The fourth-order valence-corrected chi connectivity index (χ4v) is 4.77. The number of nitrogens with one attached hydrogen (secondary N) is 1. The molecule has 0 saturated carbocycles. The first kappa shape index (κ1) is 17.9. The average molecular weight is 389 g/mol. The molecule has 1 unspecified atom stereocenters. The lowest BCUT2D eigenvalue weighted by Crippen LogP contribution is -2.41. The van der Waals surface area contributed by atoms with Crippen LogP contribution in [0.4, 0.5) is 4.79 Å². The summed E-state index contributed by atoms with van der Waals surface area (Å²) in [6.07, 6.45) is 3.49. The van der Waals surface area contributed by atoms with Crippen molar-refractivity contribution in [3.05, 3.63) is 70.8 Å². The molecule has 3 aliphatic rings. The third-order valence-corrected chi connectivity index (χ3v) is 6.36. The Kier molecular flexibility index (Phi) is 4.15. The molecule has 0 radical (unpaired) electrons. The smallest absolute Gasteiger partial charge is 0.325 e. The normalized spacial score (nSPS) is 23.0. The molecule has 1 atom stereocenters. The zero-order chi connectivity index (χ0) is 20.0. The first-order valence-corrected chi connectivity index (χ1v) is 10.2. The van der Waals surface area contributed by atoms with E-state index in [-0.39, 0.29) is 24.4 Å². The number of nitrogens with zero attached hydrogens (tertiary/aromatic N) is 2. The van der Waals surface area contributed by atoms with Gasteiger partial charge in [-0.3, -0.25) is 14.5 Å².